The number of fused-ring (bicyclic) bond motifs is 1. The van der Waals surface area contributed by atoms with Crippen molar-refractivity contribution in [1.29, 1.82) is 0 Å². The first-order chi connectivity index (χ1) is 14.7. The zero-order chi connectivity index (χ0) is 21.3. The number of amides is 1. The number of methoxy groups -OCH3 is 2. The van der Waals surface area contributed by atoms with Crippen molar-refractivity contribution in [3.05, 3.63) is 59.8 Å². The van der Waals surface area contributed by atoms with Gasteiger partial charge in [-0.1, -0.05) is 50.5 Å². The van der Waals surface area contributed by atoms with Crippen LogP contribution in [0.1, 0.15) is 56.1 Å². The number of aromatic nitrogens is 1. The van der Waals surface area contributed by atoms with Crippen LogP contribution in [0.4, 0.5) is 0 Å². The lowest BCUT2D eigenvalue weighted by Crippen LogP contribution is -2.26. The molecule has 2 N–H and O–H groups in total. The molecule has 0 aliphatic heterocycles. The van der Waals surface area contributed by atoms with Gasteiger partial charge in [0.25, 0.3) is 0 Å². The molecule has 0 spiro atoms. The van der Waals surface area contributed by atoms with E-state index >= 15 is 0 Å². The van der Waals surface area contributed by atoms with E-state index in [1.165, 1.54) is 12.8 Å². The molecule has 1 heterocycles. The minimum atomic E-state index is -0.0865. The molecule has 1 atom stereocenters. The lowest BCUT2D eigenvalue weighted by Gasteiger charge is -2.19. The van der Waals surface area contributed by atoms with Crippen molar-refractivity contribution in [1.82, 2.24) is 10.3 Å². The summed E-state index contributed by atoms with van der Waals surface area (Å²) in [5.74, 6) is 1.33. The van der Waals surface area contributed by atoms with Crippen LogP contribution in [-0.4, -0.2) is 31.7 Å². The molecule has 1 amide bonds. The highest BCUT2D eigenvalue weighted by molar-refractivity contribution is 5.86. The summed E-state index contributed by atoms with van der Waals surface area (Å²) >= 11 is 0. The van der Waals surface area contributed by atoms with E-state index in [1.54, 1.807) is 14.2 Å². The SMILES string of the molecule is CCCCCCNC(=O)C[C@@H](c1ccc(OC)c(OC)c1)c1c[nH]c2ccccc12. The van der Waals surface area contributed by atoms with Crippen molar-refractivity contribution in [2.75, 3.05) is 20.8 Å². The van der Waals surface area contributed by atoms with Crippen LogP contribution in [0.2, 0.25) is 0 Å². The number of H-pyrrole nitrogens is 1. The van der Waals surface area contributed by atoms with Crippen LogP contribution in [-0.2, 0) is 4.79 Å². The molecular weight excluding hydrogens is 376 g/mol. The Morgan fingerprint density at radius 1 is 1.03 bits per heavy atom. The highest BCUT2D eigenvalue weighted by atomic mass is 16.5. The van der Waals surface area contributed by atoms with Gasteiger partial charge in [0.05, 0.1) is 14.2 Å². The molecule has 3 aromatic rings. The van der Waals surface area contributed by atoms with Crippen molar-refractivity contribution in [2.45, 2.75) is 44.9 Å². The van der Waals surface area contributed by atoms with Crippen LogP contribution in [0, 0.1) is 0 Å². The summed E-state index contributed by atoms with van der Waals surface area (Å²) in [5, 5.41) is 4.23. The largest absolute Gasteiger partial charge is 0.493 e. The molecule has 2 aromatic carbocycles. The van der Waals surface area contributed by atoms with E-state index < -0.39 is 0 Å². The zero-order valence-corrected chi connectivity index (χ0v) is 18.2. The van der Waals surface area contributed by atoms with Gasteiger partial charge in [-0.15, -0.1) is 0 Å². The maximum atomic E-state index is 12.8. The number of rotatable bonds is 11. The van der Waals surface area contributed by atoms with Gasteiger partial charge < -0.3 is 19.8 Å². The maximum Gasteiger partial charge on any atom is 0.220 e. The molecular formula is C25H32N2O3. The Bertz CT molecular complexity index is 964. The number of carbonyl (C=O) groups is 1. The molecule has 0 bridgehead atoms. The number of aromatic amines is 1. The van der Waals surface area contributed by atoms with Gasteiger partial charge in [-0.05, 0) is 35.7 Å². The molecule has 0 saturated carbocycles. The van der Waals surface area contributed by atoms with Crippen LogP contribution in [0.3, 0.4) is 0 Å². The summed E-state index contributed by atoms with van der Waals surface area (Å²) in [6.45, 7) is 2.92. The minimum absolute atomic E-state index is 0.0663. The standard InChI is InChI=1S/C25H32N2O3/c1-4-5-6-9-14-26-25(28)16-20(18-12-13-23(29-2)24(15-18)30-3)21-17-27-22-11-8-7-10-19(21)22/h7-8,10-13,15,17,20,27H,4-6,9,14,16H2,1-3H3,(H,26,28)/t20-/m0/s1. The first-order valence-electron chi connectivity index (χ1n) is 10.7. The average Bonchev–Trinajstić information content (AvgIpc) is 3.20. The number of carbonyl (C=O) groups excluding carboxylic acids is 1. The Labute approximate surface area is 178 Å². The van der Waals surface area contributed by atoms with Gasteiger partial charge in [0.15, 0.2) is 11.5 Å². The Balaban J connectivity index is 1.87. The molecule has 3 rings (SSSR count). The predicted octanol–water partition coefficient (Wildman–Crippen LogP) is 5.40. The van der Waals surface area contributed by atoms with Crippen LogP contribution in [0.25, 0.3) is 10.9 Å². The normalized spacial score (nSPS) is 12.0. The van der Waals surface area contributed by atoms with E-state index in [4.69, 9.17) is 9.47 Å². The van der Waals surface area contributed by atoms with Gasteiger partial charge in [0.1, 0.15) is 0 Å². The lowest BCUT2D eigenvalue weighted by molar-refractivity contribution is -0.121. The van der Waals surface area contributed by atoms with E-state index in [9.17, 15) is 4.79 Å². The van der Waals surface area contributed by atoms with Crippen molar-refractivity contribution in [3.63, 3.8) is 0 Å². The Hall–Kier alpha value is -2.95. The Kier molecular flexibility index (Phi) is 7.77. The molecule has 5 nitrogen and oxygen atoms in total. The molecule has 160 valence electrons. The minimum Gasteiger partial charge on any atom is -0.493 e. The maximum absolute atomic E-state index is 12.8. The molecule has 0 radical (unpaired) electrons. The van der Waals surface area contributed by atoms with Gasteiger partial charge in [-0.25, -0.2) is 0 Å². The van der Waals surface area contributed by atoms with E-state index in [0.717, 1.165) is 41.4 Å². The fourth-order valence-electron chi connectivity index (χ4n) is 3.90. The molecule has 1 aromatic heterocycles. The number of nitrogens with one attached hydrogen (secondary N) is 2. The highest BCUT2D eigenvalue weighted by Gasteiger charge is 2.22. The fourth-order valence-corrected chi connectivity index (χ4v) is 3.90. The van der Waals surface area contributed by atoms with Gasteiger partial charge in [-0.3, -0.25) is 4.79 Å². The number of hydrogen-bond acceptors (Lipinski definition) is 3. The van der Waals surface area contributed by atoms with Gasteiger partial charge in [0, 0.05) is 36.0 Å². The third-order valence-corrected chi connectivity index (χ3v) is 5.55. The molecule has 0 aliphatic rings. The number of ether oxygens (including phenoxy) is 2. The predicted molar refractivity (Wildman–Crippen MR) is 121 cm³/mol. The second-order valence-corrected chi connectivity index (χ2v) is 7.57. The Morgan fingerprint density at radius 2 is 1.83 bits per heavy atom. The summed E-state index contributed by atoms with van der Waals surface area (Å²) in [6.07, 6.45) is 6.97. The molecule has 0 saturated heterocycles. The molecule has 0 fully saturated rings. The zero-order valence-electron chi connectivity index (χ0n) is 18.2. The Morgan fingerprint density at radius 3 is 2.60 bits per heavy atom. The fraction of sp³-hybridized carbons (Fsp3) is 0.400. The third-order valence-electron chi connectivity index (χ3n) is 5.55. The molecule has 30 heavy (non-hydrogen) atoms. The first-order valence-corrected chi connectivity index (χ1v) is 10.7. The van der Waals surface area contributed by atoms with Gasteiger partial charge >= 0.3 is 0 Å². The average molecular weight is 409 g/mol. The smallest absolute Gasteiger partial charge is 0.220 e. The van der Waals surface area contributed by atoms with Crippen molar-refractivity contribution in [3.8, 4) is 11.5 Å². The first kappa shape index (κ1) is 21.8. The summed E-state index contributed by atoms with van der Waals surface area (Å²) in [7, 11) is 3.26. The van der Waals surface area contributed by atoms with Crippen LogP contribution in [0.15, 0.2) is 48.7 Å². The van der Waals surface area contributed by atoms with Crippen LogP contribution in [0.5, 0.6) is 11.5 Å². The molecule has 5 heteroatoms. The topological polar surface area (TPSA) is 63.4 Å². The second-order valence-electron chi connectivity index (χ2n) is 7.57. The quantitative estimate of drug-likeness (QED) is 0.417. The number of hydrogen-bond donors (Lipinski definition) is 2. The summed E-state index contributed by atoms with van der Waals surface area (Å²) in [6, 6.07) is 14.1. The van der Waals surface area contributed by atoms with E-state index in [1.807, 2.05) is 36.5 Å². The van der Waals surface area contributed by atoms with Crippen LogP contribution < -0.4 is 14.8 Å². The van der Waals surface area contributed by atoms with E-state index in [0.29, 0.717) is 17.9 Å². The summed E-state index contributed by atoms with van der Waals surface area (Å²) in [4.78, 5) is 16.1. The monoisotopic (exact) mass is 408 g/mol. The number of unbranched alkanes of at least 4 members (excludes halogenated alkanes) is 3. The number of para-hydroxylation sites is 1. The van der Waals surface area contributed by atoms with E-state index in [-0.39, 0.29) is 11.8 Å². The van der Waals surface area contributed by atoms with Crippen molar-refractivity contribution in [2.24, 2.45) is 0 Å². The molecule has 0 aliphatic carbocycles. The van der Waals surface area contributed by atoms with Gasteiger partial charge in [0.2, 0.25) is 5.91 Å². The third kappa shape index (κ3) is 5.15. The van der Waals surface area contributed by atoms with Gasteiger partial charge in [-0.2, -0.15) is 0 Å². The number of benzene rings is 2. The highest BCUT2D eigenvalue weighted by Crippen LogP contribution is 2.37. The lowest BCUT2D eigenvalue weighted by atomic mass is 9.87. The van der Waals surface area contributed by atoms with Crippen LogP contribution >= 0.6 is 0 Å². The molecule has 0 unspecified atom stereocenters. The van der Waals surface area contributed by atoms with Crippen molar-refractivity contribution >= 4 is 16.8 Å². The van der Waals surface area contributed by atoms with E-state index in [2.05, 4.69) is 29.4 Å². The summed E-state index contributed by atoms with van der Waals surface area (Å²) < 4.78 is 10.9. The van der Waals surface area contributed by atoms with Crippen molar-refractivity contribution < 1.29 is 14.3 Å². The second kappa shape index (κ2) is 10.7. The summed E-state index contributed by atoms with van der Waals surface area (Å²) in [5.41, 5.74) is 3.20.